The molecule has 6 amide bonds. The molecular weight excluding hydrogens is 821 g/mol. The van der Waals surface area contributed by atoms with Gasteiger partial charge in [-0.2, -0.15) is 0 Å². The van der Waals surface area contributed by atoms with Gasteiger partial charge in [-0.1, -0.05) is 53.6 Å². The lowest BCUT2D eigenvalue weighted by Gasteiger charge is -2.34. The van der Waals surface area contributed by atoms with Crippen molar-refractivity contribution in [1.29, 1.82) is 0 Å². The Hall–Kier alpha value is -6.90. The number of methoxy groups -OCH3 is 1. The van der Waals surface area contributed by atoms with Crippen LogP contribution in [0.5, 0.6) is 17.2 Å². The van der Waals surface area contributed by atoms with Gasteiger partial charge in [0, 0.05) is 29.0 Å². The number of esters is 2. The first-order valence-corrected chi connectivity index (χ1v) is 21.6. The molecule has 0 saturated carbocycles. The van der Waals surface area contributed by atoms with Gasteiger partial charge in [0.05, 0.1) is 68.8 Å². The number of anilines is 2. The molecule has 4 aromatic rings. The van der Waals surface area contributed by atoms with Crippen molar-refractivity contribution in [2.45, 2.75) is 64.7 Å². The molecule has 8 atom stereocenters. The van der Waals surface area contributed by atoms with E-state index in [-0.39, 0.29) is 32.3 Å². The summed E-state index contributed by atoms with van der Waals surface area (Å²) >= 11 is 0. The molecule has 4 saturated heterocycles. The van der Waals surface area contributed by atoms with E-state index >= 15 is 0 Å². The zero-order chi connectivity index (χ0) is 45.4. The molecule has 0 N–H and O–H groups in total. The van der Waals surface area contributed by atoms with Gasteiger partial charge in [0.2, 0.25) is 0 Å². The number of carbonyl (C=O) groups is 6. The van der Waals surface area contributed by atoms with Gasteiger partial charge in [0.15, 0.2) is 0 Å². The summed E-state index contributed by atoms with van der Waals surface area (Å²) in [6.45, 7) is 11.5. The number of imide groups is 2. The van der Waals surface area contributed by atoms with Crippen molar-refractivity contribution >= 4 is 47.2 Å². The molecule has 6 aliphatic heterocycles. The van der Waals surface area contributed by atoms with E-state index in [2.05, 4.69) is 0 Å². The summed E-state index contributed by atoms with van der Waals surface area (Å²) in [5.74, 6) is -2.39. The third kappa shape index (κ3) is 6.06. The minimum atomic E-state index is -1.39. The Morgan fingerprint density at radius 3 is 1.66 bits per heavy atom. The van der Waals surface area contributed by atoms with E-state index in [1.807, 2.05) is 56.3 Å². The maximum Gasteiger partial charge on any atom is 0.332 e. The third-order valence-corrected chi connectivity index (χ3v) is 13.8. The molecule has 64 heavy (non-hydrogen) atoms. The number of amides is 6. The summed E-state index contributed by atoms with van der Waals surface area (Å²) in [6, 6.07) is 25.4. The van der Waals surface area contributed by atoms with Crippen LogP contribution in [0.1, 0.15) is 62.0 Å². The first-order valence-electron chi connectivity index (χ1n) is 21.6. The summed E-state index contributed by atoms with van der Waals surface area (Å²) in [7, 11) is 1.57. The molecule has 4 fully saturated rings. The fraction of sp³-hybridized carbons (Fsp3) is 0.388. The second kappa shape index (κ2) is 15.7. The van der Waals surface area contributed by atoms with Crippen molar-refractivity contribution in [3.05, 3.63) is 113 Å². The van der Waals surface area contributed by atoms with Crippen molar-refractivity contribution in [2.24, 2.45) is 23.7 Å². The van der Waals surface area contributed by atoms with Crippen molar-refractivity contribution in [1.82, 2.24) is 9.80 Å². The minimum Gasteiger partial charge on any atom is -0.497 e. The normalized spacial score (nSPS) is 28.1. The number of aryl methyl sites for hydroxylation is 2. The highest BCUT2D eigenvalue weighted by Crippen LogP contribution is 2.60. The second-order valence-electron chi connectivity index (χ2n) is 17.3. The third-order valence-electron chi connectivity index (χ3n) is 13.8. The molecule has 0 aliphatic carbocycles. The van der Waals surface area contributed by atoms with Crippen LogP contribution in [0.2, 0.25) is 0 Å². The molecule has 0 radical (unpaired) electrons. The van der Waals surface area contributed by atoms with Gasteiger partial charge in [-0.05, 0) is 84.0 Å². The van der Waals surface area contributed by atoms with E-state index < -0.39 is 76.7 Å². The van der Waals surface area contributed by atoms with E-state index in [1.165, 1.54) is 9.80 Å². The molecule has 10 rings (SSSR count). The predicted octanol–water partition coefficient (Wildman–Crippen LogP) is 6.94. The standard InChI is InChI=1S/C25H26N2O6.C24H24N2O5/c1-5-32-22(28)20-18-13-33-19-12-16(31-4)10-11-17(19)21(18)27-24(30)26(23(29)25(20,27)3)15-8-6-14(2)7-9-15;1-4-30-21(27)19-17-13-31-18-11-10-14(2)12-16(18)20(17)26-23(29)25(22(28)24(19,26)3)15-8-6-5-7-9-15/h6-12,18,20-21H,5,13H2,1-4H3;5-12,17,19-20H,4,13H2,1-3H3/t18?,20-,21?,25+;17?,19-,20?,24+/m00/s1. The molecule has 15 heteroatoms. The highest BCUT2D eigenvalue weighted by Gasteiger charge is 2.73. The highest BCUT2D eigenvalue weighted by atomic mass is 16.5. The number of ether oxygens (including phenoxy) is 5. The molecule has 15 nitrogen and oxygen atoms in total. The van der Waals surface area contributed by atoms with E-state index in [1.54, 1.807) is 93.1 Å². The lowest BCUT2D eigenvalue weighted by atomic mass is 9.77. The zero-order valence-corrected chi connectivity index (χ0v) is 36.7. The Labute approximate surface area is 370 Å². The first-order chi connectivity index (χ1) is 30.7. The Kier molecular flexibility index (Phi) is 10.4. The molecule has 332 valence electrons. The molecule has 0 aromatic heterocycles. The SMILES string of the molecule is CCOC(=O)[C@@H]1C2COc3cc(OC)ccc3C2N2C(=O)N(c3ccc(C)cc3)C(=O)[C@@]12C.CCOC(=O)[C@@H]1C2COc3ccc(C)cc3C2N2C(=O)N(c3ccccc3)C(=O)[C@@]12C. The van der Waals surface area contributed by atoms with E-state index in [0.717, 1.165) is 22.3 Å². The maximum atomic E-state index is 13.9. The number of para-hydroxylation sites is 1. The molecule has 6 aliphatic rings. The second-order valence-corrected chi connectivity index (χ2v) is 17.3. The van der Waals surface area contributed by atoms with Crippen LogP contribution in [0.4, 0.5) is 21.0 Å². The van der Waals surface area contributed by atoms with Gasteiger partial charge in [-0.3, -0.25) is 19.2 Å². The summed E-state index contributed by atoms with van der Waals surface area (Å²) in [4.78, 5) is 87.0. The highest BCUT2D eigenvalue weighted by molar-refractivity contribution is 6.25. The van der Waals surface area contributed by atoms with Gasteiger partial charge in [0.25, 0.3) is 11.8 Å². The topological polar surface area (TPSA) is 162 Å². The zero-order valence-electron chi connectivity index (χ0n) is 36.7. The summed E-state index contributed by atoms with van der Waals surface area (Å²) in [5, 5.41) is 0. The van der Waals surface area contributed by atoms with Crippen molar-refractivity contribution in [2.75, 3.05) is 43.3 Å². The van der Waals surface area contributed by atoms with Crippen LogP contribution in [0.3, 0.4) is 0 Å². The summed E-state index contributed by atoms with van der Waals surface area (Å²) < 4.78 is 28.1. The average Bonchev–Trinajstić information content (AvgIpc) is 3.87. The number of benzene rings is 4. The molecule has 4 aromatic carbocycles. The fourth-order valence-corrected chi connectivity index (χ4v) is 10.9. The van der Waals surface area contributed by atoms with Gasteiger partial charge in [-0.15, -0.1) is 0 Å². The molecule has 0 spiro atoms. The number of hydrogen-bond acceptors (Lipinski definition) is 11. The minimum absolute atomic E-state index is 0.182. The van der Waals surface area contributed by atoms with Crippen LogP contribution >= 0.6 is 0 Å². The fourth-order valence-electron chi connectivity index (χ4n) is 10.9. The van der Waals surface area contributed by atoms with Crippen LogP contribution in [0.15, 0.2) is 91.0 Å². The van der Waals surface area contributed by atoms with Crippen LogP contribution in [0, 0.1) is 37.5 Å². The smallest absolute Gasteiger partial charge is 0.332 e. The number of nitrogens with zero attached hydrogens (tertiary/aromatic N) is 4. The molecular formula is C49H50N4O11. The summed E-state index contributed by atoms with van der Waals surface area (Å²) in [5.41, 5.74) is 1.82. The molecule has 6 heterocycles. The Bertz CT molecular complexity index is 2580. The molecule has 0 bridgehead atoms. The van der Waals surface area contributed by atoms with Gasteiger partial charge >= 0.3 is 24.0 Å². The first kappa shape index (κ1) is 42.4. The maximum absolute atomic E-state index is 13.9. The quantitative estimate of drug-likeness (QED) is 0.140. The van der Waals surface area contributed by atoms with Crippen LogP contribution in [-0.2, 0) is 28.7 Å². The number of carbonyl (C=O) groups excluding carboxylic acids is 6. The van der Waals surface area contributed by atoms with Gasteiger partial charge < -0.3 is 33.5 Å². The Morgan fingerprint density at radius 2 is 1.12 bits per heavy atom. The monoisotopic (exact) mass is 870 g/mol. The van der Waals surface area contributed by atoms with Gasteiger partial charge in [0.1, 0.15) is 28.3 Å². The van der Waals surface area contributed by atoms with Crippen molar-refractivity contribution in [3.8, 4) is 17.2 Å². The summed E-state index contributed by atoms with van der Waals surface area (Å²) in [6.07, 6.45) is 0. The van der Waals surface area contributed by atoms with Crippen molar-refractivity contribution in [3.63, 3.8) is 0 Å². The average molecular weight is 871 g/mol. The number of hydrogen-bond donors (Lipinski definition) is 0. The van der Waals surface area contributed by atoms with Crippen LogP contribution in [-0.4, -0.2) is 90.2 Å². The van der Waals surface area contributed by atoms with E-state index in [9.17, 15) is 28.8 Å². The molecule has 4 unspecified atom stereocenters. The predicted molar refractivity (Wildman–Crippen MR) is 232 cm³/mol. The van der Waals surface area contributed by atoms with Crippen LogP contribution in [0.25, 0.3) is 0 Å². The number of urea groups is 2. The van der Waals surface area contributed by atoms with Crippen LogP contribution < -0.4 is 24.0 Å². The Morgan fingerprint density at radius 1 is 0.625 bits per heavy atom. The number of rotatable bonds is 7. The lowest BCUT2D eigenvalue weighted by molar-refractivity contribution is -0.155. The largest absolute Gasteiger partial charge is 0.497 e. The lowest BCUT2D eigenvalue weighted by Crippen LogP contribution is -2.51. The Balaban J connectivity index is 0.000000162. The van der Waals surface area contributed by atoms with E-state index in [0.29, 0.717) is 28.6 Å². The van der Waals surface area contributed by atoms with E-state index in [4.69, 9.17) is 23.7 Å². The number of fused-ring (bicyclic) bond motifs is 10. The van der Waals surface area contributed by atoms with Gasteiger partial charge in [-0.25, -0.2) is 19.4 Å². The van der Waals surface area contributed by atoms with Crippen molar-refractivity contribution < 1.29 is 52.5 Å².